The van der Waals surface area contributed by atoms with Gasteiger partial charge < -0.3 is 10.1 Å². The highest BCUT2D eigenvalue weighted by atomic mass is 32.1. The van der Waals surface area contributed by atoms with Crippen molar-refractivity contribution in [1.82, 2.24) is 10.3 Å². The van der Waals surface area contributed by atoms with E-state index in [1.54, 1.807) is 18.3 Å². The molecule has 22 heavy (non-hydrogen) atoms. The maximum Gasteiger partial charge on any atom is 0.305 e. The summed E-state index contributed by atoms with van der Waals surface area (Å²) in [5, 5.41) is 3.79. The van der Waals surface area contributed by atoms with Crippen LogP contribution >= 0.6 is 11.3 Å². The molecule has 118 valence electrons. The lowest BCUT2D eigenvalue weighted by Crippen LogP contribution is -2.25. The molecule has 0 saturated carbocycles. The van der Waals surface area contributed by atoms with Crippen molar-refractivity contribution in [2.45, 2.75) is 32.6 Å². The lowest BCUT2D eigenvalue weighted by Gasteiger charge is -2.04. The van der Waals surface area contributed by atoms with Crippen LogP contribution in [0.5, 0.6) is 0 Å². The Morgan fingerprint density at radius 1 is 1.27 bits per heavy atom. The molecule has 0 spiro atoms. The summed E-state index contributed by atoms with van der Waals surface area (Å²) >= 11 is 1.62. The minimum atomic E-state index is -0.216. The van der Waals surface area contributed by atoms with Gasteiger partial charge in [-0.3, -0.25) is 9.59 Å². The zero-order valence-electron chi connectivity index (χ0n) is 12.6. The molecule has 0 atom stereocenters. The van der Waals surface area contributed by atoms with Gasteiger partial charge in [-0.1, -0.05) is 12.1 Å². The monoisotopic (exact) mass is 320 g/mol. The number of hydrogen-bond donors (Lipinski definition) is 1. The van der Waals surface area contributed by atoms with Crippen molar-refractivity contribution in [2.24, 2.45) is 0 Å². The number of nitrogens with zero attached hydrogens (tertiary/aromatic N) is 1. The van der Waals surface area contributed by atoms with Crippen molar-refractivity contribution in [1.29, 1.82) is 0 Å². The molecule has 1 heterocycles. The number of ether oxygens (including phenoxy) is 1. The van der Waals surface area contributed by atoms with Gasteiger partial charge in [-0.05, 0) is 25.5 Å². The van der Waals surface area contributed by atoms with E-state index in [4.69, 9.17) is 4.74 Å². The van der Waals surface area contributed by atoms with Crippen LogP contribution < -0.4 is 5.32 Å². The topological polar surface area (TPSA) is 68.3 Å². The third-order valence-corrected chi connectivity index (χ3v) is 4.19. The summed E-state index contributed by atoms with van der Waals surface area (Å²) < 4.78 is 5.97. The van der Waals surface area contributed by atoms with Crippen LogP contribution in [0.25, 0.3) is 10.2 Å². The third kappa shape index (κ3) is 5.11. The molecule has 0 bridgehead atoms. The molecular weight excluding hydrogens is 300 g/mol. The largest absolute Gasteiger partial charge is 0.466 e. The van der Waals surface area contributed by atoms with Crippen molar-refractivity contribution in [3.8, 4) is 0 Å². The Morgan fingerprint density at radius 2 is 2.09 bits per heavy atom. The Labute approximate surface area is 133 Å². The summed E-state index contributed by atoms with van der Waals surface area (Å²) in [5.74, 6) is -0.227. The van der Waals surface area contributed by atoms with Gasteiger partial charge in [-0.15, -0.1) is 11.3 Å². The van der Waals surface area contributed by atoms with Crippen LogP contribution in [-0.2, 0) is 20.7 Å². The molecule has 0 aliphatic heterocycles. The van der Waals surface area contributed by atoms with E-state index in [9.17, 15) is 9.59 Å². The van der Waals surface area contributed by atoms with Crippen LogP contribution in [-0.4, -0.2) is 30.0 Å². The highest BCUT2D eigenvalue weighted by molar-refractivity contribution is 7.18. The fraction of sp³-hybridized carbons (Fsp3) is 0.438. The SMILES string of the molecule is CCOC(=O)CCCNC(=O)CCc1nc2ccccc2s1. The number of thiazole rings is 1. The van der Waals surface area contributed by atoms with Crippen molar-refractivity contribution in [2.75, 3.05) is 13.2 Å². The second-order valence-corrected chi connectivity index (χ2v) is 5.95. The average molecular weight is 320 g/mol. The van der Waals surface area contributed by atoms with Gasteiger partial charge in [0, 0.05) is 25.8 Å². The van der Waals surface area contributed by atoms with Crippen molar-refractivity contribution in [3.05, 3.63) is 29.3 Å². The number of benzene rings is 1. The van der Waals surface area contributed by atoms with Gasteiger partial charge in [0.15, 0.2) is 0 Å². The quantitative estimate of drug-likeness (QED) is 0.600. The lowest BCUT2D eigenvalue weighted by atomic mass is 10.2. The first kappa shape index (κ1) is 16.4. The highest BCUT2D eigenvalue weighted by Gasteiger charge is 2.07. The first-order valence-corrected chi connectivity index (χ1v) is 8.27. The first-order chi connectivity index (χ1) is 10.7. The van der Waals surface area contributed by atoms with Crippen molar-refractivity contribution < 1.29 is 14.3 Å². The van der Waals surface area contributed by atoms with Gasteiger partial charge in [-0.25, -0.2) is 4.98 Å². The zero-order valence-corrected chi connectivity index (χ0v) is 13.4. The molecule has 5 nitrogen and oxygen atoms in total. The molecule has 2 rings (SSSR count). The number of carbonyl (C=O) groups is 2. The maximum atomic E-state index is 11.8. The summed E-state index contributed by atoms with van der Waals surface area (Å²) in [4.78, 5) is 27.4. The van der Waals surface area contributed by atoms with Gasteiger partial charge >= 0.3 is 5.97 Å². The Bertz CT molecular complexity index is 606. The van der Waals surface area contributed by atoms with Crippen LogP contribution in [0.4, 0.5) is 0 Å². The van der Waals surface area contributed by atoms with E-state index in [1.165, 1.54) is 0 Å². The summed E-state index contributed by atoms with van der Waals surface area (Å²) in [6.45, 7) is 2.67. The number of fused-ring (bicyclic) bond motifs is 1. The summed E-state index contributed by atoms with van der Waals surface area (Å²) in [5.41, 5.74) is 0.984. The predicted octanol–water partition coefficient (Wildman–Crippen LogP) is 2.69. The van der Waals surface area contributed by atoms with Gasteiger partial charge in [0.1, 0.15) is 0 Å². The summed E-state index contributed by atoms with van der Waals surface area (Å²) in [6.07, 6.45) is 2.00. The number of carbonyl (C=O) groups excluding carboxylic acids is 2. The molecule has 0 fully saturated rings. The van der Waals surface area contributed by atoms with Crippen molar-refractivity contribution >= 4 is 33.4 Å². The van der Waals surface area contributed by atoms with E-state index in [-0.39, 0.29) is 11.9 Å². The fourth-order valence-corrected chi connectivity index (χ4v) is 3.00. The zero-order chi connectivity index (χ0) is 15.8. The molecule has 0 unspecified atom stereocenters. The van der Waals surface area contributed by atoms with Gasteiger partial charge in [0.25, 0.3) is 0 Å². The molecule has 1 N–H and O–H groups in total. The van der Waals surface area contributed by atoms with Gasteiger partial charge in [-0.2, -0.15) is 0 Å². The molecule has 6 heteroatoms. The highest BCUT2D eigenvalue weighted by Crippen LogP contribution is 2.22. The number of aryl methyl sites for hydroxylation is 1. The number of para-hydroxylation sites is 1. The second-order valence-electron chi connectivity index (χ2n) is 4.83. The van der Waals surface area contributed by atoms with E-state index in [0.717, 1.165) is 15.2 Å². The lowest BCUT2D eigenvalue weighted by molar-refractivity contribution is -0.143. The van der Waals surface area contributed by atoms with Gasteiger partial charge in [0.05, 0.1) is 21.8 Å². The smallest absolute Gasteiger partial charge is 0.305 e. The number of hydrogen-bond acceptors (Lipinski definition) is 5. The number of esters is 1. The molecule has 1 aromatic carbocycles. The van der Waals surface area contributed by atoms with Gasteiger partial charge in [0.2, 0.25) is 5.91 Å². The molecular formula is C16H20N2O3S. The second kappa shape index (κ2) is 8.48. The Balaban J connectivity index is 1.66. The van der Waals surface area contributed by atoms with Crippen LogP contribution in [0.15, 0.2) is 24.3 Å². The molecule has 2 aromatic rings. The van der Waals surface area contributed by atoms with E-state index >= 15 is 0 Å². The standard InChI is InChI=1S/C16H20N2O3S/c1-2-21-16(20)8-5-11-17-14(19)9-10-15-18-12-6-3-4-7-13(12)22-15/h3-4,6-7H,2,5,8-11H2,1H3,(H,17,19). The van der Waals surface area contributed by atoms with Crippen LogP contribution in [0.1, 0.15) is 31.2 Å². The van der Waals surface area contributed by atoms with E-state index in [1.807, 2.05) is 24.3 Å². The van der Waals surface area contributed by atoms with Crippen LogP contribution in [0, 0.1) is 0 Å². The number of nitrogens with one attached hydrogen (secondary N) is 1. The predicted molar refractivity (Wildman–Crippen MR) is 86.8 cm³/mol. The normalized spacial score (nSPS) is 10.6. The maximum absolute atomic E-state index is 11.8. The number of rotatable bonds is 8. The number of amides is 1. The Hall–Kier alpha value is -1.95. The fourth-order valence-electron chi connectivity index (χ4n) is 2.03. The molecule has 0 aliphatic carbocycles. The Kier molecular flexibility index (Phi) is 6.33. The van der Waals surface area contributed by atoms with Crippen LogP contribution in [0.3, 0.4) is 0 Å². The molecule has 0 saturated heterocycles. The van der Waals surface area contributed by atoms with E-state index < -0.39 is 0 Å². The van der Waals surface area contributed by atoms with E-state index in [0.29, 0.717) is 38.8 Å². The summed E-state index contributed by atoms with van der Waals surface area (Å²) in [7, 11) is 0. The minimum absolute atomic E-state index is 0.0110. The molecule has 0 aliphatic rings. The molecule has 0 radical (unpaired) electrons. The third-order valence-electron chi connectivity index (χ3n) is 3.09. The van der Waals surface area contributed by atoms with Crippen molar-refractivity contribution in [3.63, 3.8) is 0 Å². The number of aromatic nitrogens is 1. The summed E-state index contributed by atoms with van der Waals surface area (Å²) in [6, 6.07) is 7.96. The van der Waals surface area contributed by atoms with E-state index in [2.05, 4.69) is 10.3 Å². The molecule has 1 amide bonds. The minimum Gasteiger partial charge on any atom is -0.466 e. The average Bonchev–Trinajstić information content (AvgIpc) is 2.93. The first-order valence-electron chi connectivity index (χ1n) is 7.46. The molecule has 1 aromatic heterocycles. The van der Waals surface area contributed by atoms with Crippen LogP contribution in [0.2, 0.25) is 0 Å². The Morgan fingerprint density at radius 3 is 2.86 bits per heavy atom.